The van der Waals surface area contributed by atoms with E-state index in [4.69, 9.17) is 12.2 Å². The summed E-state index contributed by atoms with van der Waals surface area (Å²) in [4.78, 5) is 14.8. The zero-order chi connectivity index (χ0) is 16.1. The highest BCUT2D eigenvalue weighted by Gasteiger charge is 2.15. The summed E-state index contributed by atoms with van der Waals surface area (Å²) >= 11 is 7.03. The molecule has 4 nitrogen and oxygen atoms in total. The predicted octanol–water partition coefficient (Wildman–Crippen LogP) is 2.91. The SMILES string of the molecule is O=c1c(CSC(=S)N2CCCC2)ccnn1Cc1ccccc1. The third-order valence-corrected chi connectivity index (χ3v) is 5.45. The van der Waals surface area contributed by atoms with E-state index in [2.05, 4.69) is 10.00 Å². The van der Waals surface area contributed by atoms with Crippen molar-refractivity contribution in [1.29, 1.82) is 0 Å². The van der Waals surface area contributed by atoms with Crippen molar-refractivity contribution >= 4 is 28.3 Å². The summed E-state index contributed by atoms with van der Waals surface area (Å²) in [6.45, 7) is 2.58. The van der Waals surface area contributed by atoms with Crippen molar-refractivity contribution in [2.45, 2.75) is 25.1 Å². The van der Waals surface area contributed by atoms with Crippen molar-refractivity contribution in [2.75, 3.05) is 13.1 Å². The molecule has 1 aromatic heterocycles. The van der Waals surface area contributed by atoms with Gasteiger partial charge in [0.1, 0.15) is 4.32 Å². The van der Waals surface area contributed by atoms with Crippen LogP contribution in [-0.4, -0.2) is 32.1 Å². The maximum atomic E-state index is 12.5. The van der Waals surface area contributed by atoms with Crippen molar-refractivity contribution in [1.82, 2.24) is 14.7 Å². The largest absolute Gasteiger partial charge is 0.358 e. The van der Waals surface area contributed by atoms with E-state index in [0.717, 1.165) is 28.5 Å². The third-order valence-electron chi connectivity index (χ3n) is 3.88. The third kappa shape index (κ3) is 4.20. The van der Waals surface area contributed by atoms with E-state index < -0.39 is 0 Å². The highest BCUT2D eigenvalue weighted by Crippen LogP contribution is 2.18. The molecule has 0 atom stereocenters. The number of benzene rings is 1. The van der Waals surface area contributed by atoms with Gasteiger partial charge in [-0.3, -0.25) is 4.79 Å². The summed E-state index contributed by atoms with van der Waals surface area (Å²) in [7, 11) is 0. The maximum Gasteiger partial charge on any atom is 0.271 e. The van der Waals surface area contributed by atoms with Crippen LogP contribution in [0, 0.1) is 0 Å². The van der Waals surface area contributed by atoms with Crippen LogP contribution in [0.15, 0.2) is 47.4 Å². The molecule has 0 spiro atoms. The van der Waals surface area contributed by atoms with Crippen molar-refractivity contribution in [3.05, 3.63) is 64.1 Å². The number of nitrogens with zero attached hydrogens (tertiary/aromatic N) is 3. The van der Waals surface area contributed by atoms with E-state index in [1.54, 1.807) is 24.0 Å². The first-order chi connectivity index (χ1) is 11.2. The Bertz CT molecular complexity index is 724. The molecule has 2 aromatic rings. The Balaban J connectivity index is 1.67. The number of aromatic nitrogens is 2. The fraction of sp³-hybridized carbons (Fsp3) is 0.353. The van der Waals surface area contributed by atoms with Gasteiger partial charge >= 0.3 is 0 Å². The van der Waals surface area contributed by atoms with Gasteiger partial charge in [-0.15, -0.1) is 0 Å². The Labute approximate surface area is 145 Å². The van der Waals surface area contributed by atoms with Crippen LogP contribution >= 0.6 is 24.0 Å². The molecule has 0 amide bonds. The quantitative estimate of drug-likeness (QED) is 0.797. The monoisotopic (exact) mass is 345 g/mol. The molecule has 0 bridgehead atoms. The lowest BCUT2D eigenvalue weighted by Gasteiger charge is -2.17. The lowest BCUT2D eigenvalue weighted by Crippen LogP contribution is -2.27. The zero-order valence-electron chi connectivity index (χ0n) is 12.9. The fourth-order valence-electron chi connectivity index (χ4n) is 2.60. The minimum absolute atomic E-state index is 0.0342. The topological polar surface area (TPSA) is 38.1 Å². The first-order valence-corrected chi connectivity index (χ1v) is 9.14. The molecule has 1 aromatic carbocycles. The van der Waals surface area contributed by atoms with Gasteiger partial charge < -0.3 is 4.90 Å². The molecule has 1 aliphatic heterocycles. The summed E-state index contributed by atoms with van der Waals surface area (Å²) in [5, 5.41) is 4.19. The second-order valence-corrected chi connectivity index (χ2v) is 7.16. The van der Waals surface area contributed by atoms with Gasteiger partial charge in [-0.05, 0) is 24.5 Å². The molecule has 1 saturated heterocycles. The van der Waals surface area contributed by atoms with E-state index >= 15 is 0 Å². The van der Waals surface area contributed by atoms with E-state index in [0.29, 0.717) is 12.3 Å². The summed E-state index contributed by atoms with van der Waals surface area (Å²) in [6.07, 6.45) is 4.11. The smallest absolute Gasteiger partial charge is 0.271 e. The van der Waals surface area contributed by atoms with Gasteiger partial charge in [0.25, 0.3) is 5.56 Å². The Morgan fingerprint density at radius 3 is 2.65 bits per heavy atom. The molecule has 0 unspecified atom stereocenters. The standard InChI is InChI=1S/C17H19N3OS2/c21-16-15(13-23-17(22)19-10-4-5-11-19)8-9-18-20(16)12-14-6-2-1-3-7-14/h1-3,6-9H,4-5,10-13H2. The summed E-state index contributed by atoms with van der Waals surface area (Å²) in [5.41, 5.74) is 1.79. The van der Waals surface area contributed by atoms with Gasteiger partial charge in [0.15, 0.2) is 0 Å². The fourth-order valence-corrected chi connectivity index (χ4v) is 3.83. The highest BCUT2D eigenvalue weighted by atomic mass is 32.2. The lowest BCUT2D eigenvalue weighted by molar-refractivity contribution is 0.539. The van der Waals surface area contributed by atoms with Crippen LogP contribution in [0.3, 0.4) is 0 Å². The van der Waals surface area contributed by atoms with Crippen LogP contribution in [0.25, 0.3) is 0 Å². The van der Waals surface area contributed by atoms with Crippen molar-refractivity contribution in [3.63, 3.8) is 0 Å². The molecule has 0 N–H and O–H groups in total. The molecular formula is C17H19N3OS2. The van der Waals surface area contributed by atoms with Crippen molar-refractivity contribution < 1.29 is 0 Å². The molecule has 6 heteroatoms. The average Bonchev–Trinajstić information content (AvgIpc) is 3.11. The summed E-state index contributed by atoms with van der Waals surface area (Å²) < 4.78 is 2.41. The Morgan fingerprint density at radius 2 is 1.91 bits per heavy atom. The van der Waals surface area contributed by atoms with E-state index in [1.165, 1.54) is 17.5 Å². The van der Waals surface area contributed by atoms with Crippen LogP contribution in [-0.2, 0) is 12.3 Å². The molecule has 0 radical (unpaired) electrons. The van der Waals surface area contributed by atoms with Gasteiger partial charge in [0, 0.05) is 30.6 Å². The molecule has 2 heterocycles. The number of thioether (sulfide) groups is 1. The number of thiocarbonyl (C=S) groups is 1. The minimum atomic E-state index is -0.0342. The molecule has 1 aliphatic rings. The minimum Gasteiger partial charge on any atom is -0.358 e. The van der Waals surface area contributed by atoms with Crippen LogP contribution in [0.1, 0.15) is 24.0 Å². The Kier molecular flexibility index (Phi) is 5.46. The molecule has 120 valence electrons. The number of likely N-dealkylation sites (tertiary alicyclic amines) is 1. The number of rotatable bonds is 4. The molecule has 1 fully saturated rings. The zero-order valence-corrected chi connectivity index (χ0v) is 14.5. The highest BCUT2D eigenvalue weighted by molar-refractivity contribution is 8.22. The van der Waals surface area contributed by atoms with Crippen LogP contribution in [0.5, 0.6) is 0 Å². The Morgan fingerprint density at radius 1 is 1.17 bits per heavy atom. The normalized spacial score (nSPS) is 14.2. The van der Waals surface area contributed by atoms with Gasteiger partial charge in [0.2, 0.25) is 0 Å². The molecular weight excluding hydrogens is 326 g/mol. The molecule has 0 saturated carbocycles. The van der Waals surface area contributed by atoms with Crippen molar-refractivity contribution in [2.24, 2.45) is 0 Å². The summed E-state index contributed by atoms with van der Waals surface area (Å²) in [5.74, 6) is 0.603. The van der Waals surface area contributed by atoms with Gasteiger partial charge in [-0.1, -0.05) is 54.3 Å². The second-order valence-electron chi connectivity index (χ2n) is 5.55. The van der Waals surface area contributed by atoms with E-state index in [9.17, 15) is 4.79 Å². The predicted molar refractivity (Wildman–Crippen MR) is 98.7 cm³/mol. The maximum absolute atomic E-state index is 12.5. The summed E-state index contributed by atoms with van der Waals surface area (Å²) in [6, 6.07) is 11.7. The first-order valence-electron chi connectivity index (χ1n) is 7.74. The molecule has 23 heavy (non-hydrogen) atoms. The Hall–Kier alpha value is -1.66. The number of hydrogen-bond donors (Lipinski definition) is 0. The van der Waals surface area contributed by atoms with Gasteiger partial charge in [0.05, 0.1) is 6.54 Å². The van der Waals surface area contributed by atoms with E-state index in [1.807, 2.05) is 30.3 Å². The van der Waals surface area contributed by atoms with Crippen molar-refractivity contribution in [3.8, 4) is 0 Å². The van der Waals surface area contributed by atoms with Gasteiger partial charge in [-0.25, -0.2) is 4.68 Å². The lowest BCUT2D eigenvalue weighted by atomic mass is 10.2. The van der Waals surface area contributed by atoms with Crippen LogP contribution < -0.4 is 5.56 Å². The molecule has 3 rings (SSSR count). The van der Waals surface area contributed by atoms with Crippen LogP contribution in [0.2, 0.25) is 0 Å². The average molecular weight is 345 g/mol. The molecule has 0 aliphatic carbocycles. The second kappa shape index (κ2) is 7.75. The van der Waals surface area contributed by atoms with Gasteiger partial charge in [-0.2, -0.15) is 5.10 Å². The van der Waals surface area contributed by atoms with E-state index in [-0.39, 0.29) is 5.56 Å². The number of hydrogen-bond acceptors (Lipinski definition) is 4. The van der Waals surface area contributed by atoms with Crippen LogP contribution in [0.4, 0.5) is 0 Å². The first kappa shape index (κ1) is 16.2.